The van der Waals surface area contributed by atoms with Crippen LogP contribution in [0.25, 0.3) is 0 Å². The molecular formula is C8H16O4. The van der Waals surface area contributed by atoms with Crippen molar-refractivity contribution in [2.45, 2.75) is 44.9 Å². The van der Waals surface area contributed by atoms with Gasteiger partial charge in [-0.3, -0.25) is 0 Å². The Bertz CT molecular complexity index is 127. The lowest BCUT2D eigenvalue weighted by Gasteiger charge is -2.34. The molecule has 0 aliphatic carbocycles. The topological polar surface area (TPSA) is 58.9 Å². The molecule has 4 nitrogen and oxygen atoms in total. The summed E-state index contributed by atoms with van der Waals surface area (Å²) in [7, 11) is 0. The summed E-state index contributed by atoms with van der Waals surface area (Å²) >= 11 is 0. The fraction of sp³-hybridized carbons (Fsp3) is 1.00. The highest BCUT2D eigenvalue weighted by atomic mass is 16.7. The number of hydrogen-bond acceptors (Lipinski definition) is 4. The average molecular weight is 176 g/mol. The van der Waals surface area contributed by atoms with Gasteiger partial charge in [0.05, 0.1) is 12.2 Å². The molecule has 4 heteroatoms. The van der Waals surface area contributed by atoms with Crippen molar-refractivity contribution in [1.29, 1.82) is 0 Å². The summed E-state index contributed by atoms with van der Waals surface area (Å²) in [6.07, 6.45) is -1.90. The Morgan fingerprint density at radius 1 is 1.50 bits per heavy atom. The molecule has 0 bridgehead atoms. The number of rotatable bonds is 2. The molecule has 0 amide bonds. The number of hydrogen-bond donors (Lipinski definition) is 2. The van der Waals surface area contributed by atoms with Crippen LogP contribution in [-0.4, -0.2) is 41.4 Å². The third-order valence-corrected chi connectivity index (χ3v) is 2.03. The molecule has 4 atom stereocenters. The molecule has 0 radical (unpaired) electrons. The Morgan fingerprint density at radius 3 is 2.67 bits per heavy atom. The van der Waals surface area contributed by atoms with Gasteiger partial charge in [0.15, 0.2) is 6.29 Å². The predicted molar refractivity (Wildman–Crippen MR) is 42.6 cm³/mol. The van der Waals surface area contributed by atoms with Gasteiger partial charge in [-0.2, -0.15) is 0 Å². The molecule has 1 aliphatic rings. The fourth-order valence-electron chi connectivity index (χ4n) is 1.32. The smallest absolute Gasteiger partial charge is 0.160 e. The number of ether oxygens (including phenoxy) is 2. The zero-order valence-electron chi connectivity index (χ0n) is 7.43. The molecule has 0 aromatic rings. The summed E-state index contributed by atoms with van der Waals surface area (Å²) in [6, 6.07) is 0. The van der Waals surface area contributed by atoms with Gasteiger partial charge >= 0.3 is 0 Å². The Hall–Kier alpha value is -0.160. The van der Waals surface area contributed by atoms with E-state index in [0.717, 1.165) is 0 Å². The molecule has 0 saturated carbocycles. The van der Waals surface area contributed by atoms with Crippen LogP contribution in [0.1, 0.15) is 20.3 Å². The first-order valence-electron chi connectivity index (χ1n) is 4.28. The Balaban J connectivity index is 2.42. The lowest BCUT2D eigenvalue weighted by atomic mass is 10.0. The van der Waals surface area contributed by atoms with E-state index in [9.17, 15) is 10.2 Å². The van der Waals surface area contributed by atoms with E-state index in [2.05, 4.69) is 0 Å². The van der Waals surface area contributed by atoms with Gasteiger partial charge in [0, 0.05) is 13.0 Å². The van der Waals surface area contributed by atoms with Gasteiger partial charge in [0.1, 0.15) is 6.10 Å². The van der Waals surface area contributed by atoms with Crippen molar-refractivity contribution >= 4 is 0 Å². The predicted octanol–water partition coefficient (Wildman–Crippen LogP) is -0.120. The maximum absolute atomic E-state index is 9.34. The van der Waals surface area contributed by atoms with E-state index < -0.39 is 12.2 Å². The van der Waals surface area contributed by atoms with Gasteiger partial charge in [-0.05, 0) is 13.8 Å². The summed E-state index contributed by atoms with van der Waals surface area (Å²) < 4.78 is 10.5. The summed E-state index contributed by atoms with van der Waals surface area (Å²) in [4.78, 5) is 0. The minimum atomic E-state index is -0.790. The lowest BCUT2D eigenvalue weighted by molar-refractivity contribution is -0.244. The van der Waals surface area contributed by atoms with E-state index >= 15 is 0 Å². The Labute approximate surface area is 72.1 Å². The van der Waals surface area contributed by atoms with Crippen molar-refractivity contribution in [3.05, 3.63) is 0 Å². The SMILES string of the molecule is CCO[C@@H]1C[C@H](O)[C@@H](O)[C@H](C)O1. The first-order chi connectivity index (χ1) is 5.65. The maximum Gasteiger partial charge on any atom is 0.160 e. The highest BCUT2D eigenvalue weighted by Crippen LogP contribution is 2.20. The van der Waals surface area contributed by atoms with Crippen LogP contribution in [0.5, 0.6) is 0 Å². The van der Waals surface area contributed by atoms with Crippen molar-refractivity contribution in [3.63, 3.8) is 0 Å². The Kier molecular flexibility index (Phi) is 3.46. The fourth-order valence-corrected chi connectivity index (χ4v) is 1.32. The minimum absolute atomic E-state index is 0.347. The zero-order valence-corrected chi connectivity index (χ0v) is 7.43. The summed E-state index contributed by atoms with van der Waals surface area (Å²) in [5, 5.41) is 18.6. The van der Waals surface area contributed by atoms with Crippen LogP contribution in [0.2, 0.25) is 0 Å². The monoisotopic (exact) mass is 176 g/mol. The van der Waals surface area contributed by atoms with Crippen LogP contribution in [0.15, 0.2) is 0 Å². The van der Waals surface area contributed by atoms with Crippen LogP contribution < -0.4 is 0 Å². The largest absolute Gasteiger partial charge is 0.390 e. The van der Waals surface area contributed by atoms with Gasteiger partial charge in [0.2, 0.25) is 0 Å². The standard InChI is InChI=1S/C8H16O4/c1-3-11-7-4-6(9)8(10)5(2)12-7/h5-10H,3-4H2,1-2H3/t5-,6-,7-,8-/m0/s1. The first kappa shape index (κ1) is 9.92. The van der Waals surface area contributed by atoms with Crippen molar-refractivity contribution in [1.82, 2.24) is 0 Å². The van der Waals surface area contributed by atoms with Crippen molar-refractivity contribution in [2.24, 2.45) is 0 Å². The molecule has 0 aromatic heterocycles. The van der Waals surface area contributed by atoms with Gasteiger partial charge in [-0.15, -0.1) is 0 Å². The van der Waals surface area contributed by atoms with Crippen LogP contribution in [0.3, 0.4) is 0 Å². The Morgan fingerprint density at radius 2 is 2.17 bits per heavy atom. The highest BCUT2D eigenvalue weighted by molar-refractivity contribution is 4.79. The molecule has 1 aliphatic heterocycles. The van der Waals surface area contributed by atoms with Gasteiger partial charge in [-0.25, -0.2) is 0 Å². The third-order valence-electron chi connectivity index (χ3n) is 2.03. The summed E-state index contributed by atoms with van der Waals surface area (Å²) in [5.41, 5.74) is 0. The van der Waals surface area contributed by atoms with Crippen LogP contribution in [-0.2, 0) is 9.47 Å². The van der Waals surface area contributed by atoms with Crippen molar-refractivity contribution in [2.75, 3.05) is 6.61 Å². The molecule has 0 unspecified atom stereocenters. The molecule has 72 valence electrons. The van der Waals surface area contributed by atoms with Gasteiger partial charge in [0.25, 0.3) is 0 Å². The lowest BCUT2D eigenvalue weighted by Crippen LogP contribution is -2.47. The molecular weight excluding hydrogens is 160 g/mol. The first-order valence-corrected chi connectivity index (χ1v) is 4.28. The zero-order chi connectivity index (χ0) is 9.14. The summed E-state index contributed by atoms with van der Waals surface area (Å²) in [6.45, 7) is 4.14. The van der Waals surface area contributed by atoms with E-state index in [4.69, 9.17) is 9.47 Å². The second kappa shape index (κ2) is 4.18. The molecule has 0 spiro atoms. The second-order valence-electron chi connectivity index (χ2n) is 3.02. The van der Waals surface area contributed by atoms with E-state index in [-0.39, 0.29) is 12.4 Å². The summed E-state index contributed by atoms with van der Waals surface area (Å²) in [5.74, 6) is 0. The van der Waals surface area contributed by atoms with E-state index in [1.807, 2.05) is 6.92 Å². The highest BCUT2D eigenvalue weighted by Gasteiger charge is 2.34. The van der Waals surface area contributed by atoms with Crippen LogP contribution >= 0.6 is 0 Å². The van der Waals surface area contributed by atoms with E-state index in [1.54, 1.807) is 6.92 Å². The molecule has 1 heterocycles. The minimum Gasteiger partial charge on any atom is -0.390 e. The van der Waals surface area contributed by atoms with Gasteiger partial charge < -0.3 is 19.7 Å². The van der Waals surface area contributed by atoms with Crippen molar-refractivity contribution < 1.29 is 19.7 Å². The van der Waals surface area contributed by atoms with Crippen molar-refractivity contribution in [3.8, 4) is 0 Å². The van der Waals surface area contributed by atoms with Gasteiger partial charge in [-0.1, -0.05) is 0 Å². The molecule has 1 fully saturated rings. The quantitative estimate of drug-likeness (QED) is 0.616. The molecule has 1 saturated heterocycles. The normalized spacial score (nSPS) is 43.0. The van der Waals surface area contributed by atoms with Crippen LogP contribution in [0.4, 0.5) is 0 Å². The molecule has 12 heavy (non-hydrogen) atoms. The second-order valence-corrected chi connectivity index (χ2v) is 3.02. The van der Waals surface area contributed by atoms with Crippen LogP contribution in [0, 0.1) is 0 Å². The van der Waals surface area contributed by atoms with E-state index in [0.29, 0.717) is 13.0 Å². The van der Waals surface area contributed by atoms with E-state index in [1.165, 1.54) is 0 Å². The number of aliphatic hydroxyl groups excluding tert-OH is 2. The molecule has 2 N–H and O–H groups in total. The maximum atomic E-state index is 9.34. The third kappa shape index (κ3) is 2.17. The molecule has 0 aromatic carbocycles. The average Bonchev–Trinajstić information content (AvgIpc) is 2.01. The molecule has 1 rings (SSSR count). The number of aliphatic hydroxyl groups is 2.